The number of piperidine rings is 1. The number of hydrogen-bond donors (Lipinski definition) is 1. The molecule has 34 heavy (non-hydrogen) atoms. The molecular weight excluding hydrogens is 446 g/mol. The van der Waals surface area contributed by atoms with Gasteiger partial charge in [0.05, 0.1) is 0 Å². The average Bonchev–Trinajstić information content (AvgIpc) is 2.89. The van der Waals surface area contributed by atoms with Crippen LogP contribution in [0.2, 0.25) is 5.02 Å². The number of rotatable bonds is 6. The Morgan fingerprint density at radius 1 is 0.882 bits per heavy atom. The van der Waals surface area contributed by atoms with Crippen molar-refractivity contribution in [2.45, 2.75) is 19.3 Å². The second kappa shape index (κ2) is 10.6. The number of nitrogens with zero attached hydrogens (tertiary/aromatic N) is 4. The van der Waals surface area contributed by atoms with E-state index < -0.39 is 0 Å². The summed E-state index contributed by atoms with van der Waals surface area (Å²) in [6.45, 7) is 7.47. The van der Waals surface area contributed by atoms with E-state index in [1.807, 2.05) is 42.6 Å². The fraction of sp³-hybridized carbons (Fsp3) is 0.407. The van der Waals surface area contributed by atoms with Gasteiger partial charge in [-0.15, -0.1) is 0 Å². The van der Waals surface area contributed by atoms with Gasteiger partial charge >= 0.3 is 0 Å². The Bertz CT molecular complexity index is 1120. The van der Waals surface area contributed by atoms with E-state index in [2.05, 4.69) is 32.1 Å². The number of amides is 1. The molecule has 2 aliphatic heterocycles. The van der Waals surface area contributed by atoms with Gasteiger partial charge in [-0.2, -0.15) is 0 Å². The minimum atomic E-state index is -0.0127. The van der Waals surface area contributed by atoms with Crippen molar-refractivity contribution in [1.82, 2.24) is 15.2 Å². The summed E-state index contributed by atoms with van der Waals surface area (Å²) in [7, 11) is 0. The van der Waals surface area contributed by atoms with Crippen LogP contribution in [0, 0.1) is 0 Å². The number of likely N-dealkylation sites (tertiary alicyclic amines) is 1. The first-order valence-corrected chi connectivity index (χ1v) is 12.7. The van der Waals surface area contributed by atoms with Gasteiger partial charge < -0.3 is 20.0 Å². The Balaban J connectivity index is 1.25. The van der Waals surface area contributed by atoms with Crippen molar-refractivity contribution >= 4 is 39.8 Å². The molecule has 0 spiro atoms. The molecule has 0 atom stereocenters. The van der Waals surface area contributed by atoms with E-state index in [-0.39, 0.29) is 5.91 Å². The standard InChI is InChI=1S/C27H32ClN5O/c28-23-6-8-24(9-7-23)32-16-18-33(19-17-32)26-25-20-22(5-4-21(25)10-11-29-26)27(34)30-12-15-31-13-2-1-3-14-31/h4-11,20H,1-3,12-19H2,(H,30,34). The zero-order chi connectivity index (χ0) is 23.3. The van der Waals surface area contributed by atoms with Gasteiger partial charge in [-0.25, -0.2) is 4.98 Å². The fourth-order valence-corrected chi connectivity index (χ4v) is 5.11. The molecule has 3 heterocycles. The van der Waals surface area contributed by atoms with Gasteiger partial charge in [-0.3, -0.25) is 4.79 Å². The van der Waals surface area contributed by atoms with E-state index in [9.17, 15) is 4.79 Å². The summed E-state index contributed by atoms with van der Waals surface area (Å²) in [6, 6.07) is 16.0. The highest BCUT2D eigenvalue weighted by Crippen LogP contribution is 2.28. The number of fused-ring (bicyclic) bond motifs is 1. The third kappa shape index (κ3) is 5.29. The summed E-state index contributed by atoms with van der Waals surface area (Å²) in [5.41, 5.74) is 1.89. The smallest absolute Gasteiger partial charge is 0.251 e. The first-order chi connectivity index (χ1) is 16.7. The number of hydrogen-bond acceptors (Lipinski definition) is 5. The molecule has 3 aromatic rings. The van der Waals surface area contributed by atoms with Gasteiger partial charge in [0.1, 0.15) is 5.82 Å². The van der Waals surface area contributed by atoms with E-state index in [4.69, 9.17) is 16.6 Å². The molecule has 7 heteroatoms. The number of pyridine rings is 1. The van der Waals surface area contributed by atoms with E-state index in [0.717, 1.165) is 67.4 Å². The third-order valence-electron chi connectivity index (χ3n) is 6.94. The van der Waals surface area contributed by atoms with Crippen molar-refractivity contribution in [3.63, 3.8) is 0 Å². The fourth-order valence-electron chi connectivity index (χ4n) is 4.99. The van der Waals surface area contributed by atoms with Crippen molar-refractivity contribution in [2.75, 3.05) is 62.2 Å². The van der Waals surface area contributed by atoms with Crippen LogP contribution in [0.15, 0.2) is 54.7 Å². The Hall–Kier alpha value is -2.83. The van der Waals surface area contributed by atoms with Crippen LogP contribution in [0.5, 0.6) is 0 Å². The second-order valence-electron chi connectivity index (χ2n) is 9.18. The highest BCUT2D eigenvalue weighted by molar-refractivity contribution is 6.30. The van der Waals surface area contributed by atoms with Gasteiger partial charge in [-0.1, -0.05) is 24.1 Å². The maximum Gasteiger partial charge on any atom is 0.251 e. The average molecular weight is 478 g/mol. The molecular formula is C27H32ClN5O. The largest absolute Gasteiger partial charge is 0.368 e. The normalized spacial score (nSPS) is 17.2. The molecule has 0 saturated carbocycles. The summed E-state index contributed by atoms with van der Waals surface area (Å²) in [5, 5.41) is 6.01. The molecule has 2 aliphatic rings. The molecule has 0 bridgehead atoms. The van der Waals surface area contributed by atoms with Gasteiger partial charge in [0.25, 0.3) is 5.91 Å². The summed E-state index contributed by atoms with van der Waals surface area (Å²) in [4.78, 5) is 24.7. The number of anilines is 2. The molecule has 2 saturated heterocycles. The Labute approximate surface area is 206 Å². The van der Waals surface area contributed by atoms with Crippen LogP contribution in [-0.4, -0.2) is 68.1 Å². The van der Waals surface area contributed by atoms with Crippen molar-refractivity contribution < 1.29 is 4.79 Å². The van der Waals surface area contributed by atoms with Gasteiger partial charge in [0.15, 0.2) is 0 Å². The lowest BCUT2D eigenvalue weighted by molar-refractivity contribution is 0.0946. The SMILES string of the molecule is O=C(NCCN1CCCCC1)c1ccc2ccnc(N3CCN(c4ccc(Cl)cc4)CC3)c2c1. The summed E-state index contributed by atoms with van der Waals surface area (Å²) in [6.07, 6.45) is 5.72. The highest BCUT2D eigenvalue weighted by Gasteiger charge is 2.20. The molecule has 178 valence electrons. The molecule has 2 fully saturated rings. The van der Waals surface area contributed by atoms with Crippen LogP contribution in [-0.2, 0) is 0 Å². The highest BCUT2D eigenvalue weighted by atomic mass is 35.5. The minimum absolute atomic E-state index is 0.0127. The summed E-state index contributed by atoms with van der Waals surface area (Å²) in [5.74, 6) is 0.942. The van der Waals surface area contributed by atoms with E-state index in [0.29, 0.717) is 12.1 Å². The zero-order valence-corrected chi connectivity index (χ0v) is 20.3. The van der Waals surface area contributed by atoms with Crippen LogP contribution in [0.1, 0.15) is 29.6 Å². The van der Waals surface area contributed by atoms with Gasteiger partial charge in [0.2, 0.25) is 0 Å². The van der Waals surface area contributed by atoms with Crippen molar-refractivity contribution in [3.8, 4) is 0 Å². The molecule has 1 N–H and O–H groups in total. The van der Waals surface area contributed by atoms with Crippen LogP contribution in [0.4, 0.5) is 11.5 Å². The summed E-state index contributed by atoms with van der Waals surface area (Å²) >= 11 is 6.04. The lowest BCUT2D eigenvalue weighted by atomic mass is 10.1. The lowest BCUT2D eigenvalue weighted by Gasteiger charge is -2.37. The number of nitrogens with one attached hydrogen (secondary N) is 1. The van der Waals surface area contributed by atoms with Crippen molar-refractivity contribution in [3.05, 3.63) is 65.3 Å². The third-order valence-corrected chi connectivity index (χ3v) is 7.19. The number of carbonyl (C=O) groups is 1. The lowest BCUT2D eigenvalue weighted by Crippen LogP contribution is -2.46. The maximum atomic E-state index is 12.9. The number of halogens is 1. The van der Waals surface area contributed by atoms with E-state index >= 15 is 0 Å². The Morgan fingerprint density at radius 3 is 2.38 bits per heavy atom. The van der Waals surface area contributed by atoms with Crippen LogP contribution < -0.4 is 15.1 Å². The van der Waals surface area contributed by atoms with E-state index in [1.54, 1.807) is 0 Å². The number of carbonyl (C=O) groups excluding carboxylic acids is 1. The quantitative estimate of drug-likeness (QED) is 0.569. The minimum Gasteiger partial charge on any atom is -0.368 e. The molecule has 0 aliphatic carbocycles. The molecule has 1 amide bonds. The molecule has 1 aromatic heterocycles. The topological polar surface area (TPSA) is 51.7 Å². The number of piperazine rings is 1. The van der Waals surface area contributed by atoms with Crippen LogP contribution in [0.25, 0.3) is 10.8 Å². The Kier molecular flexibility index (Phi) is 7.16. The van der Waals surface area contributed by atoms with Crippen LogP contribution >= 0.6 is 11.6 Å². The van der Waals surface area contributed by atoms with Crippen molar-refractivity contribution in [2.24, 2.45) is 0 Å². The van der Waals surface area contributed by atoms with Crippen LogP contribution in [0.3, 0.4) is 0 Å². The molecule has 2 aromatic carbocycles. The van der Waals surface area contributed by atoms with Gasteiger partial charge in [-0.05, 0) is 73.8 Å². The summed E-state index contributed by atoms with van der Waals surface area (Å²) < 4.78 is 0. The Morgan fingerprint density at radius 2 is 1.62 bits per heavy atom. The predicted molar refractivity (Wildman–Crippen MR) is 140 cm³/mol. The first kappa shape index (κ1) is 22.9. The zero-order valence-electron chi connectivity index (χ0n) is 19.5. The second-order valence-corrected chi connectivity index (χ2v) is 9.62. The monoisotopic (exact) mass is 477 g/mol. The van der Waals surface area contributed by atoms with Crippen molar-refractivity contribution in [1.29, 1.82) is 0 Å². The molecule has 6 nitrogen and oxygen atoms in total. The predicted octanol–water partition coefficient (Wildman–Crippen LogP) is 4.43. The van der Waals surface area contributed by atoms with E-state index in [1.165, 1.54) is 24.9 Å². The maximum absolute atomic E-state index is 12.9. The number of aromatic nitrogens is 1. The molecule has 5 rings (SSSR count). The first-order valence-electron chi connectivity index (χ1n) is 12.3. The number of benzene rings is 2. The molecule has 0 unspecified atom stereocenters. The van der Waals surface area contributed by atoms with Gasteiger partial charge in [0, 0.05) is 67.1 Å². The molecule has 0 radical (unpaired) electrons.